The third-order valence-electron chi connectivity index (χ3n) is 6.07. The summed E-state index contributed by atoms with van der Waals surface area (Å²) in [6.45, 7) is 6.57. The minimum Gasteiger partial charge on any atom is -0.320 e. The van der Waals surface area contributed by atoms with Gasteiger partial charge in [-0.2, -0.15) is 0 Å². The molecule has 0 unspecified atom stereocenters. The Balaban J connectivity index is 1.73. The summed E-state index contributed by atoms with van der Waals surface area (Å²) in [7, 11) is 2.22. The molecule has 0 saturated heterocycles. The van der Waals surface area contributed by atoms with Crippen LogP contribution in [0.1, 0.15) is 29.3 Å². The number of rotatable bonds is 2. The van der Waals surface area contributed by atoms with Gasteiger partial charge in [-0.15, -0.1) is 0 Å². The van der Waals surface area contributed by atoms with Crippen LogP contribution in [0.15, 0.2) is 60.7 Å². The maximum Gasteiger partial charge on any atom is 0.0529 e. The molecular formula is C26H26N2. The van der Waals surface area contributed by atoms with Crippen molar-refractivity contribution in [1.82, 2.24) is 9.47 Å². The molecule has 0 bridgehead atoms. The van der Waals surface area contributed by atoms with Gasteiger partial charge < -0.3 is 9.47 Å². The summed E-state index contributed by atoms with van der Waals surface area (Å²) >= 11 is 0. The highest BCUT2D eigenvalue weighted by atomic mass is 15.1. The van der Waals surface area contributed by atoms with Crippen LogP contribution < -0.4 is 0 Å². The molecule has 0 spiro atoms. The molecule has 1 aliphatic heterocycles. The number of hydrogen-bond donors (Lipinski definition) is 0. The SMILES string of the molecule is CC(=Cn1c2c(c3cc(C)ccc31)CN(C)CC2)c1cccc2ccccc12. The highest BCUT2D eigenvalue weighted by Gasteiger charge is 2.22. The Hall–Kier alpha value is -2.84. The highest BCUT2D eigenvalue weighted by molar-refractivity contribution is 5.97. The van der Waals surface area contributed by atoms with Gasteiger partial charge in [0, 0.05) is 36.8 Å². The van der Waals surface area contributed by atoms with E-state index in [2.05, 4.69) is 97.2 Å². The molecule has 0 N–H and O–H groups in total. The zero-order valence-corrected chi connectivity index (χ0v) is 16.9. The second kappa shape index (κ2) is 6.65. The van der Waals surface area contributed by atoms with E-state index in [4.69, 9.17) is 0 Å². The predicted molar refractivity (Wildman–Crippen MR) is 121 cm³/mol. The van der Waals surface area contributed by atoms with Crippen LogP contribution in [0.25, 0.3) is 33.4 Å². The maximum atomic E-state index is 2.45. The molecule has 2 heteroatoms. The third-order valence-corrected chi connectivity index (χ3v) is 6.07. The van der Waals surface area contributed by atoms with E-state index in [9.17, 15) is 0 Å². The molecule has 28 heavy (non-hydrogen) atoms. The average Bonchev–Trinajstić information content (AvgIpc) is 2.99. The highest BCUT2D eigenvalue weighted by Crippen LogP contribution is 2.33. The molecule has 0 radical (unpaired) electrons. The van der Waals surface area contributed by atoms with Crippen molar-refractivity contribution in [3.8, 4) is 0 Å². The van der Waals surface area contributed by atoms with Crippen LogP contribution in [0.3, 0.4) is 0 Å². The lowest BCUT2D eigenvalue weighted by Crippen LogP contribution is -2.26. The predicted octanol–water partition coefficient (Wildman–Crippen LogP) is 6.11. The number of fused-ring (bicyclic) bond motifs is 4. The van der Waals surface area contributed by atoms with Gasteiger partial charge in [0.2, 0.25) is 0 Å². The fraction of sp³-hybridized carbons (Fsp3) is 0.231. The van der Waals surface area contributed by atoms with E-state index in [1.807, 2.05) is 0 Å². The summed E-state index contributed by atoms with van der Waals surface area (Å²) in [5.41, 5.74) is 8.23. The van der Waals surface area contributed by atoms with Gasteiger partial charge in [-0.25, -0.2) is 0 Å². The van der Waals surface area contributed by atoms with Crippen molar-refractivity contribution < 1.29 is 0 Å². The van der Waals surface area contributed by atoms with Gasteiger partial charge in [-0.05, 0) is 60.5 Å². The molecule has 5 rings (SSSR count). The zero-order valence-electron chi connectivity index (χ0n) is 16.9. The quantitative estimate of drug-likeness (QED) is 0.415. The standard InChI is InChI=1S/C26H26N2/c1-18-11-12-25-23(15-18)24-17-27(3)14-13-26(24)28(25)16-19(2)21-10-6-8-20-7-4-5-9-22(20)21/h4-12,15-16H,13-14,17H2,1-3H3. The Morgan fingerprint density at radius 2 is 1.79 bits per heavy atom. The summed E-state index contributed by atoms with van der Waals surface area (Å²) in [6, 6.07) is 22.1. The van der Waals surface area contributed by atoms with Crippen molar-refractivity contribution in [2.24, 2.45) is 0 Å². The molecule has 2 heterocycles. The minimum absolute atomic E-state index is 1.03. The lowest BCUT2D eigenvalue weighted by molar-refractivity contribution is 0.312. The number of aryl methyl sites for hydroxylation is 1. The largest absolute Gasteiger partial charge is 0.320 e. The van der Waals surface area contributed by atoms with Gasteiger partial charge >= 0.3 is 0 Å². The van der Waals surface area contributed by atoms with Crippen molar-refractivity contribution in [1.29, 1.82) is 0 Å². The Kier molecular flexibility index (Phi) is 4.10. The van der Waals surface area contributed by atoms with Gasteiger partial charge in [0.15, 0.2) is 0 Å². The van der Waals surface area contributed by atoms with Crippen LogP contribution in [0.2, 0.25) is 0 Å². The van der Waals surface area contributed by atoms with E-state index in [0.717, 1.165) is 19.5 Å². The second-order valence-electron chi connectivity index (χ2n) is 8.14. The summed E-state index contributed by atoms with van der Waals surface area (Å²) in [5, 5.41) is 4.02. The van der Waals surface area contributed by atoms with Crippen LogP contribution in [0, 0.1) is 6.92 Å². The van der Waals surface area contributed by atoms with E-state index in [0.29, 0.717) is 0 Å². The van der Waals surface area contributed by atoms with E-state index in [-0.39, 0.29) is 0 Å². The smallest absolute Gasteiger partial charge is 0.0529 e. The fourth-order valence-corrected chi connectivity index (χ4v) is 4.62. The van der Waals surface area contributed by atoms with E-state index in [1.165, 1.54) is 49.6 Å². The molecule has 1 aromatic heterocycles. The molecule has 3 aromatic carbocycles. The first kappa shape index (κ1) is 17.3. The molecule has 0 aliphatic carbocycles. The van der Waals surface area contributed by atoms with Crippen molar-refractivity contribution in [2.45, 2.75) is 26.8 Å². The van der Waals surface area contributed by atoms with Crippen LogP contribution >= 0.6 is 0 Å². The summed E-state index contributed by atoms with van der Waals surface area (Å²) in [6.07, 6.45) is 3.45. The van der Waals surface area contributed by atoms with E-state index in [1.54, 1.807) is 0 Å². The molecule has 0 amide bonds. The summed E-state index contributed by atoms with van der Waals surface area (Å²) in [5.74, 6) is 0. The van der Waals surface area contributed by atoms with Crippen molar-refractivity contribution in [3.63, 3.8) is 0 Å². The second-order valence-corrected chi connectivity index (χ2v) is 8.14. The lowest BCUT2D eigenvalue weighted by Gasteiger charge is -2.23. The molecule has 4 aromatic rings. The zero-order chi connectivity index (χ0) is 19.3. The van der Waals surface area contributed by atoms with Gasteiger partial charge in [0.05, 0.1) is 5.52 Å². The first-order chi connectivity index (χ1) is 13.6. The van der Waals surface area contributed by atoms with Crippen molar-refractivity contribution in [2.75, 3.05) is 13.6 Å². The monoisotopic (exact) mass is 366 g/mol. The first-order valence-corrected chi connectivity index (χ1v) is 10.1. The number of benzene rings is 3. The Morgan fingerprint density at radius 1 is 0.964 bits per heavy atom. The van der Waals surface area contributed by atoms with Crippen molar-refractivity contribution >= 4 is 33.4 Å². The Bertz CT molecular complexity index is 1220. The molecule has 0 atom stereocenters. The van der Waals surface area contributed by atoms with Crippen LogP contribution in [-0.4, -0.2) is 23.1 Å². The van der Waals surface area contributed by atoms with E-state index < -0.39 is 0 Å². The Morgan fingerprint density at radius 3 is 2.68 bits per heavy atom. The first-order valence-electron chi connectivity index (χ1n) is 10.1. The van der Waals surface area contributed by atoms with Crippen LogP contribution in [0.5, 0.6) is 0 Å². The number of nitrogens with zero attached hydrogens (tertiary/aromatic N) is 2. The lowest BCUT2D eigenvalue weighted by atomic mass is 10.00. The van der Waals surface area contributed by atoms with Crippen molar-refractivity contribution in [3.05, 3.63) is 83.0 Å². The molecule has 140 valence electrons. The molecule has 2 nitrogen and oxygen atoms in total. The Labute approximate surface area is 166 Å². The maximum absolute atomic E-state index is 2.45. The van der Waals surface area contributed by atoms with Gasteiger partial charge in [-0.1, -0.05) is 54.1 Å². The topological polar surface area (TPSA) is 8.17 Å². The molecular weight excluding hydrogens is 340 g/mol. The number of allylic oxidation sites excluding steroid dienone is 1. The normalized spacial score (nSPS) is 15.3. The van der Waals surface area contributed by atoms with Crippen LogP contribution in [-0.2, 0) is 13.0 Å². The summed E-state index contributed by atoms with van der Waals surface area (Å²) < 4.78 is 2.45. The minimum atomic E-state index is 1.03. The van der Waals surface area contributed by atoms with E-state index >= 15 is 0 Å². The van der Waals surface area contributed by atoms with Crippen LogP contribution in [0.4, 0.5) is 0 Å². The van der Waals surface area contributed by atoms with Gasteiger partial charge in [0.1, 0.15) is 0 Å². The fourth-order valence-electron chi connectivity index (χ4n) is 4.62. The third kappa shape index (κ3) is 2.76. The summed E-state index contributed by atoms with van der Waals surface area (Å²) in [4.78, 5) is 2.43. The molecule has 0 saturated carbocycles. The molecule has 1 aliphatic rings. The van der Waals surface area contributed by atoms with Gasteiger partial charge in [0.25, 0.3) is 0 Å². The average molecular weight is 367 g/mol. The molecule has 0 fully saturated rings. The number of hydrogen-bond acceptors (Lipinski definition) is 1. The number of likely N-dealkylation sites (N-methyl/N-ethyl adjacent to an activating group) is 1. The number of aromatic nitrogens is 1. The van der Waals surface area contributed by atoms with Gasteiger partial charge in [-0.3, -0.25) is 0 Å².